The van der Waals surface area contributed by atoms with Gasteiger partial charge in [0.1, 0.15) is 24.0 Å². The molecule has 0 aliphatic heterocycles. The van der Waals surface area contributed by atoms with Crippen molar-refractivity contribution in [3.05, 3.63) is 65.7 Å². The van der Waals surface area contributed by atoms with Crippen molar-refractivity contribution in [3.8, 4) is 5.75 Å². The fraction of sp³-hybridized carbons (Fsp3) is 0.188. The molecule has 21 heavy (non-hydrogen) atoms. The van der Waals surface area contributed by atoms with Gasteiger partial charge >= 0.3 is 0 Å². The van der Waals surface area contributed by atoms with Crippen LogP contribution in [0.15, 0.2) is 48.5 Å². The Hall–Kier alpha value is -2.43. The van der Waals surface area contributed by atoms with Crippen LogP contribution in [0.5, 0.6) is 5.75 Å². The van der Waals surface area contributed by atoms with Gasteiger partial charge in [0, 0.05) is 6.07 Å². The average molecular weight is 291 g/mol. The minimum Gasteiger partial charge on any atom is -0.492 e. The van der Waals surface area contributed by atoms with Gasteiger partial charge in [0.2, 0.25) is 5.91 Å². The highest BCUT2D eigenvalue weighted by Crippen LogP contribution is 2.11. The number of rotatable bonds is 6. The summed E-state index contributed by atoms with van der Waals surface area (Å²) in [5, 5.41) is 2.66. The van der Waals surface area contributed by atoms with Crippen LogP contribution in [-0.4, -0.2) is 19.1 Å². The van der Waals surface area contributed by atoms with E-state index in [1.807, 2.05) is 0 Å². The van der Waals surface area contributed by atoms with Gasteiger partial charge in [-0.3, -0.25) is 4.79 Å². The van der Waals surface area contributed by atoms with Crippen molar-refractivity contribution >= 4 is 5.91 Å². The third kappa shape index (κ3) is 5.22. The summed E-state index contributed by atoms with van der Waals surface area (Å²) in [6, 6.07) is 11.7. The van der Waals surface area contributed by atoms with Crippen molar-refractivity contribution in [1.82, 2.24) is 5.32 Å². The maximum atomic E-state index is 13.0. The summed E-state index contributed by atoms with van der Waals surface area (Å²) in [5.41, 5.74) is 0.610. The molecule has 0 aliphatic rings. The molecule has 0 aliphatic carbocycles. The van der Waals surface area contributed by atoms with Crippen molar-refractivity contribution in [1.29, 1.82) is 0 Å². The number of ether oxygens (including phenoxy) is 1. The van der Waals surface area contributed by atoms with Crippen molar-refractivity contribution in [2.45, 2.75) is 6.42 Å². The van der Waals surface area contributed by atoms with Crippen LogP contribution < -0.4 is 10.1 Å². The van der Waals surface area contributed by atoms with Gasteiger partial charge in [0.05, 0.1) is 13.0 Å². The quantitative estimate of drug-likeness (QED) is 0.831. The highest BCUT2D eigenvalue weighted by atomic mass is 19.1. The van der Waals surface area contributed by atoms with Gasteiger partial charge in [0.25, 0.3) is 0 Å². The van der Waals surface area contributed by atoms with E-state index in [-0.39, 0.29) is 30.6 Å². The smallest absolute Gasteiger partial charge is 0.224 e. The lowest BCUT2D eigenvalue weighted by atomic mass is 10.1. The van der Waals surface area contributed by atoms with Crippen LogP contribution in [-0.2, 0) is 11.2 Å². The molecule has 0 spiro atoms. The average Bonchev–Trinajstić information content (AvgIpc) is 2.44. The summed E-state index contributed by atoms with van der Waals surface area (Å²) < 4.78 is 31.2. The zero-order chi connectivity index (χ0) is 15.1. The summed E-state index contributed by atoms with van der Waals surface area (Å²) >= 11 is 0. The molecule has 0 unspecified atom stereocenters. The molecule has 0 heterocycles. The molecule has 2 rings (SSSR count). The van der Waals surface area contributed by atoms with Crippen molar-refractivity contribution in [2.24, 2.45) is 0 Å². The van der Waals surface area contributed by atoms with Gasteiger partial charge in [-0.25, -0.2) is 8.78 Å². The Balaban J connectivity index is 1.70. The Morgan fingerprint density at radius 1 is 1.05 bits per heavy atom. The Morgan fingerprint density at radius 3 is 2.48 bits per heavy atom. The van der Waals surface area contributed by atoms with E-state index in [9.17, 15) is 13.6 Å². The van der Waals surface area contributed by atoms with Gasteiger partial charge in [-0.15, -0.1) is 0 Å². The first-order valence-electron chi connectivity index (χ1n) is 6.53. The number of amides is 1. The summed E-state index contributed by atoms with van der Waals surface area (Å²) in [6.45, 7) is 0.531. The molecular weight excluding hydrogens is 276 g/mol. The minimum absolute atomic E-state index is 0.109. The molecule has 0 bridgehead atoms. The second-order valence-corrected chi connectivity index (χ2v) is 4.46. The van der Waals surface area contributed by atoms with Crippen molar-refractivity contribution in [3.63, 3.8) is 0 Å². The molecule has 5 heteroatoms. The van der Waals surface area contributed by atoms with Gasteiger partial charge in [0.15, 0.2) is 0 Å². The van der Waals surface area contributed by atoms with Gasteiger partial charge in [-0.05, 0) is 29.8 Å². The predicted molar refractivity (Wildman–Crippen MR) is 75.0 cm³/mol. The van der Waals surface area contributed by atoms with E-state index in [4.69, 9.17) is 4.74 Å². The van der Waals surface area contributed by atoms with E-state index in [0.717, 1.165) is 0 Å². The van der Waals surface area contributed by atoms with Crippen LogP contribution >= 0.6 is 0 Å². The highest BCUT2D eigenvalue weighted by Gasteiger charge is 2.04. The van der Waals surface area contributed by atoms with Gasteiger partial charge in [-0.2, -0.15) is 0 Å². The monoisotopic (exact) mass is 291 g/mol. The van der Waals surface area contributed by atoms with Gasteiger partial charge in [-0.1, -0.05) is 18.2 Å². The molecule has 0 atom stereocenters. The number of benzene rings is 2. The van der Waals surface area contributed by atoms with Crippen LogP contribution in [0.4, 0.5) is 8.78 Å². The standard InChI is InChI=1S/C16H15F2NO2/c17-13-4-1-3-12(9-13)10-16(20)19-7-8-21-15-6-2-5-14(18)11-15/h1-6,9,11H,7-8,10H2,(H,19,20). The molecule has 0 fully saturated rings. The molecule has 2 aromatic rings. The number of hydrogen-bond donors (Lipinski definition) is 1. The molecule has 0 radical (unpaired) electrons. The maximum Gasteiger partial charge on any atom is 0.224 e. The van der Waals surface area contributed by atoms with Crippen LogP contribution in [0.3, 0.4) is 0 Å². The largest absolute Gasteiger partial charge is 0.492 e. The molecular formula is C16H15F2NO2. The van der Waals surface area contributed by atoms with Crippen molar-refractivity contribution in [2.75, 3.05) is 13.2 Å². The first kappa shape index (κ1) is 15.0. The molecule has 0 saturated heterocycles. The minimum atomic E-state index is -0.373. The SMILES string of the molecule is O=C(Cc1cccc(F)c1)NCCOc1cccc(F)c1. The molecule has 0 aromatic heterocycles. The summed E-state index contributed by atoms with van der Waals surface area (Å²) in [5.74, 6) is -0.546. The highest BCUT2D eigenvalue weighted by molar-refractivity contribution is 5.78. The summed E-state index contributed by atoms with van der Waals surface area (Å²) in [4.78, 5) is 11.6. The van der Waals surface area contributed by atoms with Crippen LogP contribution in [0.25, 0.3) is 0 Å². The zero-order valence-corrected chi connectivity index (χ0v) is 11.3. The van der Waals surface area contributed by atoms with Crippen LogP contribution in [0.2, 0.25) is 0 Å². The summed E-state index contributed by atoms with van der Waals surface area (Å²) in [6.07, 6.45) is 0.109. The summed E-state index contributed by atoms with van der Waals surface area (Å²) in [7, 11) is 0. The fourth-order valence-electron chi connectivity index (χ4n) is 1.81. The Bertz CT molecular complexity index is 617. The normalized spacial score (nSPS) is 10.2. The molecule has 110 valence electrons. The van der Waals surface area contributed by atoms with E-state index in [0.29, 0.717) is 17.9 Å². The Labute approximate surface area is 121 Å². The zero-order valence-electron chi connectivity index (χ0n) is 11.3. The Kier molecular flexibility index (Phi) is 5.26. The number of halogens is 2. The Morgan fingerprint density at radius 2 is 1.76 bits per heavy atom. The van der Waals surface area contributed by atoms with E-state index in [1.54, 1.807) is 24.3 Å². The third-order valence-electron chi connectivity index (χ3n) is 2.74. The third-order valence-corrected chi connectivity index (χ3v) is 2.74. The number of carbonyl (C=O) groups is 1. The second kappa shape index (κ2) is 7.38. The van der Waals surface area contributed by atoms with E-state index in [1.165, 1.54) is 24.3 Å². The molecule has 3 nitrogen and oxygen atoms in total. The molecule has 1 amide bonds. The van der Waals surface area contributed by atoms with Crippen LogP contribution in [0.1, 0.15) is 5.56 Å². The van der Waals surface area contributed by atoms with E-state index < -0.39 is 0 Å². The second-order valence-electron chi connectivity index (χ2n) is 4.46. The fourth-order valence-corrected chi connectivity index (χ4v) is 1.81. The van der Waals surface area contributed by atoms with Gasteiger partial charge < -0.3 is 10.1 Å². The number of carbonyl (C=O) groups excluding carboxylic acids is 1. The van der Waals surface area contributed by atoms with E-state index in [2.05, 4.69) is 5.32 Å². The first-order valence-corrected chi connectivity index (χ1v) is 6.53. The molecule has 0 saturated carbocycles. The topological polar surface area (TPSA) is 38.3 Å². The lowest BCUT2D eigenvalue weighted by Crippen LogP contribution is -2.29. The number of nitrogens with one attached hydrogen (secondary N) is 1. The van der Waals surface area contributed by atoms with Crippen LogP contribution in [0, 0.1) is 11.6 Å². The first-order chi connectivity index (χ1) is 10.1. The lowest BCUT2D eigenvalue weighted by molar-refractivity contribution is -0.120. The molecule has 2 aromatic carbocycles. The van der Waals surface area contributed by atoms with E-state index >= 15 is 0 Å². The van der Waals surface area contributed by atoms with Crippen molar-refractivity contribution < 1.29 is 18.3 Å². The maximum absolute atomic E-state index is 13.0. The molecule has 1 N–H and O–H groups in total. The predicted octanol–water partition coefficient (Wildman–Crippen LogP) is 2.70. The lowest BCUT2D eigenvalue weighted by Gasteiger charge is -2.08. The number of hydrogen-bond acceptors (Lipinski definition) is 2.